The molecule has 0 radical (unpaired) electrons. The van der Waals surface area contributed by atoms with Crippen LogP contribution in [-0.2, 0) is 9.59 Å². The molecule has 1 rings (SSSR count). The molecule has 1 fully saturated rings. The molecule has 0 aromatic rings. The number of carbonyl (C=O) groups is 2. The van der Waals surface area contributed by atoms with E-state index in [-0.39, 0.29) is 11.6 Å². The molecule has 0 spiro atoms. The van der Waals surface area contributed by atoms with Gasteiger partial charge in [0, 0.05) is 23.3 Å². The monoisotopic (exact) mass is 260 g/mol. The van der Waals surface area contributed by atoms with Crippen molar-refractivity contribution in [3.63, 3.8) is 0 Å². The van der Waals surface area contributed by atoms with Crippen LogP contribution in [0.15, 0.2) is 0 Å². The number of hydrogen-bond donors (Lipinski definition) is 0. The quantitative estimate of drug-likeness (QED) is 0.574. The second kappa shape index (κ2) is 5.58. The first-order chi connectivity index (χ1) is 7.38. The Labute approximate surface area is 106 Å². The van der Waals surface area contributed by atoms with Gasteiger partial charge in [-0.05, 0) is 6.42 Å². The van der Waals surface area contributed by atoms with Crippen LogP contribution in [0, 0.1) is 0 Å². The summed E-state index contributed by atoms with van der Waals surface area (Å²) in [6, 6.07) is 0. The molecule has 0 aliphatic heterocycles. The first kappa shape index (κ1) is 14.1. The van der Waals surface area contributed by atoms with Crippen molar-refractivity contribution in [1.82, 2.24) is 0 Å². The van der Waals surface area contributed by atoms with Gasteiger partial charge in [0.1, 0.15) is 0 Å². The molecule has 0 heterocycles. The lowest BCUT2D eigenvalue weighted by molar-refractivity contribution is -0.129. The number of thioether (sulfide) groups is 2. The molecule has 0 saturated heterocycles. The van der Waals surface area contributed by atoms with Crippen LogP contribution >= 0.6 is 23.5 Å². The second-order valence-corrected chi connectivity index (χ2v) is 8.49. The molecule has 0 bridgehead atoms. The van der Waals surface area contributed by atoms with Gasteiger partial charge in [0.2, 0.25) is 0 Å². The van der Waals surface area contributed by atoms with Gasteiger partial charge in [-0.15, -0.1) is 23.5 Å². The minimum atomic E-state index is -0.805. The van der Waals surface area contributed by atoms with Crippen molar-refractivity contribution < 1.29 is 9.59 Å². The molecular formula is C12H20O2S2. The molecule has 4 heteroatoms. The van der Waals surface area contributed by atoms with Crippen molar-refractivity contribution in [3.05, 3.63) is 0 Å². The van der Waals surface area contributed by atoms with Gasteiger partial charge in [-0.1, -0.05) is 27.7 Å². The highest BCUT2D eigenvalue weighted by molar-refractivity contribution is 8.21. The van der Waals surface area contributed by atoms with Crippen LogP contribution in [0.1, 0.15) is 47.0 Å². The number of hydrogen-bond acceptors (Lipinski definition) is 4. The predicted molar refractivity (Wildman–Crippen MR) is 72.1 cm³/mol. The van der Waals surface area contributed by atoms with Gasteiger partial charge in [-0.25, -0.2) is 0 Å². The van der Waals surface area contributed by atoms with E-state index in [1.165, 1.54) is 23.5 Å². The van der Waals surface area contributed by atoms with Gasteiger partial charge in [-0.2, -0.15) is 0 Å². The maximum Gasteiger partial charge on any atom is 0.178 e. The Morgan fingerprint density at radius 2 is 1.31 bits per heavy atom. The smallest absolute Gasteiger partial charge is 0.178 e. The lowest BCUT2D eigenvalue weighted by Gasteiger charge is -2.35. The topological polar surface area (TPSA) is 34.1 Å². The summed E-state index contributed by atoms with van der Waals surface area (Å²) in [7, 11) is 0. The van der Waals surface area contributed by atoms with E-state index in [4.69, 9.17) is 0 Å². The predicted octanol–water partition coefficient (Wildman–Crippen LogP) is 3.29. The molecule has 0 N–H and O–H groups in total. The third-order valence-electron chi connectivity index (χ3n) is 2.35. The summed E-state index contributed by atoms with van der Waals surface area (Å²) in [6.07, 6.45) is 1.85. The molecule has 0 unspecified atom stereocenters. The van der Waals surface area contributed by atoms with Crippen LogP contribution in [0.4, 0.5) is 0 Å². The highest BCUT2D eigenvalue weighted by Crippen LogP contribution is 2.47. The third-order valence-corrected chi connectivity index (χ3v) is 5.44. The Kier molecular flexibility index (Phi) is 4.92. The fraction of sp³-hybridized carbons (Fsp3) is 0.833. The number of Topliss-reactive ketones (excluding diaryl/α,β-unsaturated/α-hetero) is 2. The summed E-state index contributed by atoms with van der Waals surface area (Å²) in [5.74, 6) is 0.252. The van der Waals surface area contributed by atoms with E-state index in [0.717, 1.165) is 6.42 Å². The van der Waals surface area contributed by atoms with E-state index >= 15 is 0 Å². The van der Waals surface area contributed by atoms with E-state index in [1.807, 2.05) is 27.7 Å². The second-order valence-electron chi connectivity index (χ2n) is 4.65. The third kappa shape index (κ3) is 3.04. The lowest BCUT2D eigenvalue weighted by atomic mass is 9.97. The van der Waals surface area contributed by atoms with Crippen molar-refractivity contribution in [3.8, 4) is 0 Å². The van der Waals surface area contributed by atoms with Crippen molar-refractivity contribution in [2.24, 2.45) is 0 Å². The van der Waals surface area contributed by atoms with E-state index in [0.29, 0.717) is 23.3 Å². The van der Waals surface area contributed by atoms with Crippen molar-refractivity contribution in [2.75, 3.05) is 0 Å². The molecule has 0 amide bonds. The largest absolute Gasteiger partial charge is 0.297 e. The molecule has 0 atom stereocenters. The van der Waals surface area contributed by atoms with E-state index in [9.17, 15) is 9.59 Å². The molecule has 1 aliphatic rings. The zero-order valence-corrected chi connectivity index (χ0v) is 12.0. The highest BCUT2D eigenvalue weighted by atomic mass is 32.2. The average Bonchev–Trinajstić information content (AvgIpc) is 2.12. The highest BCUT2D eigenvalue weighted by Gasteiger charge is 2.49. The van der Waals surface area contributed by atoms with Gasteiger partial charge in [0.05, 0.1) is 0 Å². The maximum absolute atomic E-state index is 12.1. The minimum absolute atomic E-state index is 0.126. The van der Waals surface area contributed by atoms with Crippen molar-refractivity contribution >= 4 is 35.1 Å². The molecule has 2 nitrogen and oxygen atoms in total. The summed E-state index contributed by atoms with van der Waals surface area (Å²) in [4.78, 5) is 24.3. The fourth-order valence-electron chi connectivity index (χ4n) is 1.85. The van der Waals surface area contributed by atoms with Gasteiger partial charge in [-0.3, -0.25) is 9.59 Å². The Morgan fingerprint density at radius 3 is 1.62 bits per heavy atom. The minimum Gasteiger partial charge on any atom is -0.297 e. The molecule has 92 valence electrons. The van der Waals surface area contributed by atoms with E-state index < -0.39 is 4.08 Å². The van der Waals surface area contributed by atoms with Crippen LogP contribution in [0.25, 0.3) is 0 Å². The number of carbonyl (C=O) groups excluding carboxylic acids is 2. The van der Waals surface area contributed by atoms with Crippen LogP contribution in [0.2, 0.25) is 0 Å². The number of rotatable bonds is 4. The molecular weight excluding hydrogens is 240 g/mol. The fourth-order valence-corrected chi connectivity index (χ4v) is 5.49. The molecule has 1 aliphatic carbocycles. The normalized spacial score (nSPS) is 20.9. The van der Waals surface area contributed by atoms with Gasteiger partial charge in [0.15, 0.2) is 15.6 Å². The Balaban J connectivity index is 2.98. The van der Waals surface area contributed by atoms with Gasteiger partial charge in [0.25, 0.3) is 0 Å². The molecule has 0 aromatic heterocycles. The Hall–Kier alpha value is 0.0400. The zero-order chi connectivity index (χ0) is 12.3. The standard InChI is InChI=1S/C12H20O2S2/c1-8(2)15-12(16-9(3)4)10(13)6-5-7-11(12)14/h8-9H,5-7H2,1-4H3. The van der Waals surface area contributed by atoms with Gasteiger partial charge < -0.3 is 0 Å². The Morgan fingerprint density at radius 1 is 0.938 bits per heavy atom. The van der Waals surface area contributed by atoms with Crippen LogP contribution in [-0.4, -0.2) is 26.1 Å². The first-order valence-electron chi connectivity index (χ1n) is 5.80. The first-order valence-corrected chi connectivity index (χ1v) is 7.56. The molecule has 1 saturated carbocycles. The molecule has 16 heavy (non-hydrogen) atoms. The summed E-state index contributed by atoms with van der Waals surface area (Å²) in [5, 5.41) is 0.606. The van der Waals surface area contributed by atoms with Crippen LogP contribution in [0.3, 0.4) is 0 Å². The summed E-state index contributed by atoms with van der Waals surface area (Å²) in [5.41, 5.74) is 0. The van der Waals surface area contributed by atoms with E-state index in [2.05, 4.69) is 0 Å². The van der Waals surface area contributed by atoms with Crippen LogP contribution in [0.5, 0.6) is 0 Å². The summed E-state index contributed by atoms with van der Waals surface area (Å²) in [6.45, 7) is 8.18. The summed E-state index contributed by atoms with van der Waals surface area (Å²) < 4.78 is -0.805. The Bertz CT molecular complexity index is 257. The summed E-state index contributed by atoms with van der Waals surface area (Å²) >= 11 is 3.06. The SMILES string of the molecule is CC(C)SC1(SC(C)C)C(=O)CCCC1=O. The maximum atomic E-state index is 12.1. The van der Waals surface area contributed by atoms with Crippen molar-refractivity contribution in [2.45, 2.75) is 61.5 Å². The van der Waals surface area contributed by atoms with E-state index in [1.54, 1.807) is 0 Å². The zero-order valence-electron chi connectivity index (χ0n) is 10.4. The van der Waals surface area contributed by atoms with Crippen molar-refractivity contribution in [1.29, 1.82) is 0 Å². The molecule has 0 aromatic carbocycles. The van der Waals surface area contributed by atoms with Crippen LogP contribution < -0.4 is 0 Å². The number of ketones is 2. The average molecular weight is 260 g/mol. The van der Waals surface area contributed by atoms with Gasteiger partial charge >= 0.3 is 0 Å². The lowest BCUT2D eigenvalue weighted by Crippen LogP contribution is -2.45.